The molecule has 9 heteroatoms. The van der Waals surface area contributed by atoms with Crippen LogP contribution in [0, 0.1) is 0 Å². The number of aliphatic hydroxyl groups excluding tert-OH is 1. The molecule has 8 nitrogen and oxygen atoms in total. The molecule has 0 aliphatic heterocycles. The van der Waals surface area contributed by atoms with Crippen molar-refractivity contribution < 1.29 is 32.9 Å². The number of likely N-dealkylation sites (N-methyl/N-ethyl adjacent to an activating group) is 1. The van der Waals surface area contributed by atoms with Crippen LogP contribution in [-0.2, 0) is 18.4 Å². The second kappa shape index (κ2) is 46.0. The molecule has 3 atom stereocenters. The standard InChI is InChI=1S/C56H95N2O6P/c1-6-8-10-12-14-16-18-20-22-23-24-25-26-27-28-29-30-31-32-33-34-35-36-38-40-42-44-46-48-50-56(60)57-54(53-64-65(61,62)63-52-51-58(3,4)5)55(59)49-47-45-43-41-39-37-21-19-17-15-13-11-9-7-2/h8,10,14,16,20,22,24-25,27-28,30-31,33-34,36,38,42,44,47,49,54-55,59H,6-7,9,11-13,15,17-19,21,23,26,29,32,35,37,39-41,43,45-46,48,50-53H2,1-5H3,(H-,57,60,61,62)/p+1/b10-8-,16-14-,22-20-,25-24-,28-27-,31-30-,34-33-,38-36-,44-42-,49-47+. The Bertz CT molecular complexity index is 1460. The summed E-state index contributed by atoms with van der Waals surface area (Å²) in [5, 5.41) is 13.8. The van der Waals surface area contributed by atoms with Crippen molar-refractivity contribution in [1.29, 1.82) is 0 Å². The molecule has 0 aliphatic carbocycles. The van der Waals surface area contributed by atoms with Crippen LogP contribution in [0.2, 0.25) is 0 Å². The Kier molecular flexibility index (Phi) is 43.8. The smallest absolute Gasteiger partial charge is 0.387 e. The zero-order chi connectivity index (χ0) is 47.8. The lowest BCUT2D eigenvalue weighted by Gasteiger charge is -2.25. The fourth-order valence-electron chi connectivity index (χ4n) is 6.45. The van der Waals surface area contributed by atoms with Gasteiger partial charge in [-0.05, 0) is 83.5 Å². The van der Waals surface area contributed by atoms with E-state index in [1.807, 2.05) is 27.2 Å². The van der Waals surface area contributed by atoms with Gasteiger partial charge in [0.25, 0.3) is 0 Å². The molecule has 0 saturated heterocycles. The molecule has 1 amide bonds. The Hall–Kier alpha value is -3.10. The van der Waals surface area contributed by atoms with Gasteiger partial charge in [-0.1, -0.05) is 206 Å². The van der Waals surface area contributed by atoms with Crippen molar-refractivity contribution in [2.45, 2.75) is 187 Å². The number of phosphoric ester groups is 1. The van der Waals surface area contributed by atoms with Gasteiger partial charge in [0.1, 0.15) is 13.2 Å². The Morgan fingerprint density at radius 3 is 1.34 bits per heavy atom. The van der Waals surface area contributed by atoms with Crippen LogP contribution >= 0.6 is 7.82 Å². The van der Waals surface area contributed by atoms with Crippen molar-refractivity contribution in [3.8, 4) is 0 Å². The number of nitrogens with zero attached hydrogens (tertiary/aromatic N) is 1. The number of allylic oxidation sites excluding steroid dienone is 19. The number of amides is 1. The highest BCUT2D eigenvalue weighted by atomic mass is 31.2. The molecule has 0 spiro atoms. The predicted molar refractivity (Wildman–Crippen MR) is 281 cm³/mol. The van der Waals surface area contributed by atoms with Gasteiger partial charge in [-0.3, -0.25) is 13.8 Å². The molecular formula is C56H96N2O6P+. The molecule has 0 fully saturated rings. The monoisotopic (exact) mass is 924 g/mol. The fraction of sp³-hybridized carbons (Fsp3) is 0.625. The van der Waals surface area contributed by atoms with Crippen LogP contribution < -0.4 is 5.32 Å². The van der Waals surface area contributed by atoms with Gasteiger partial charge < -0.3 is 19.8 Å². The Balaban J connectivity index is 4.43. The van der Waals surface area contributed by atoms with Gasteiger partial charge in [0, 0.05) is 6.42 Å². The number of carbonyl (C=O) groups is 1. The molecule has 3 unspecified atom stereocenters. The first-order valence-corrected chi connectivity index (χ1v) is 26.9. The van der Waals surface area contributed by atoms with Crippen molar-refractivity contribution >= 4 is 13.7 Å². The van der Waals surface area contributed by atoms with Gasteiger partial charge in [0.15, 0.2) is 0 Å². The molecule has 0 aromatic carbocycles. The van der Waals surface area contributed by atoms with E-state index in [1.54, 1.807) is 6.08 Å². The zero-order valence-electron chi connectivity index (χ0n) is 41.9. The molecule has 3 N–H and O–H groups in total. The molecule has 0 rings (SSSR count). The summed E-state index contributed by atoms with van der Waals surface area (Å²) in [5.41, 5.74) is 0. The lowest BCUT2D eigenvalue weighted by Crippen LogP contribution is -2.45. The number of quaternary nitrogens is 1. The van der Waals surface area contributed by atoms with Gasteiger partial charge in [0.2, 0.25) is 5.91 Å². The Morgan fingerprint density at radius 1 is 0.538 bits per heavy atom. The predicted octanol–water partition coefficient (Wildman–Crippen LogP) is 15.0. The number of hydrogen-bond acceptors (Lipinski definition) is 5. The average Bonchev–Trinajstić information content (AvgIpc) is 3.26. The van der Waals surface area contributed by atoms with Crippen LogP contribution in [0.3, 0.4) is 0 Å². The maximum absolute atomic E-state index is 12.9. The van der Waals surface area contributed by atoms with Crippen molar-refractivity contribution in [2.75, 3.05) is 40.9 Å². The highest BCUT2D eigenvalue weighted by molar-refractivity contribution is 7.47. The van der Waals surface area contributed by atoms with E-state index in [0.717, 1.165) is 83.5 Å². The van der Waals surface area contributed by atoms with E-state index in [1.165, 1.54) is 64.2 Å². The highest BCUT2D eigenvalue weighted by Gasteiger charge is 2.27. The first-order chi connectivity index (χ1) is 31.5. The van der Waals surface area contributed by atoms with Crippen LogP contribution in [0.1, 0.15) is 174 Å². The van der Waals surface area contributed by atoms with Crippen LogP contribution in [0.15, 0.2) is 122 Å². The molecule has 65 heavy (non-hydrogen) atoms. The fourth-order valence-corrected chi connectivity index (χ4v) is 7.19. The van der Waals surface area contributed by atoms with E-state index in [-0.39, 0.29) is 25.5 Å². The van der Waals surface area contributed by atoms with E-state index < -0.39 is 20.0 Å². The third kappa shape index (κ3) is 48.6. The molecular weight excluding hydrogens is 828 g/mol. The number of unbranched alkanes of at least 4 members (excludes halogenated alkanes) is 13. The molecule has 0 bridgehead atoms. The molecule has 0 saturated carbocycles. The molecule has 0 aromatic heterocycles. The van der Waals surface area contributed by atoms with Gasteiger partial charge in [-0.15, -0.1) is 0 Å². The maximum atomic E-state index is 12.9. The summed E-state index contributed by atoms with van der Waals surface area (Å²) >= 11 is 0. The minimum atomic E-state index is -4.37. The summed E-state index contributed by atoms with van der Waals surface area (Å²) in [6, 6.07) is -0.886. The first kappa shape index (κ1) is 61.9. The SMILES string of the molecule is CC/C=C\C/C=C\C/C=C\C/C=C\C/C=C\C/C=C\C/C=C\C/C=C\C/C=C\CCCC(=O)NC(COP(=O)(O)OCC[N+](C)(C)C)C(O)/C=C/CCCCCCCCCCCCCC. The molecule has 370 valence electrons. The Labute approximate surface area is 399 Å². The van der Waals surface area contributed by atoms with Gasteiger partial charge in [-0.2, -0.15) is 0 Å². The zero-order valence-corrected chi connectivity index (χ0v) is 42.8. The summed E-state index contributed by atoms with van der Waals surface area (Å²) in [7, 11) is 1.51. The van der Waals surface area contributed by atoms with E-state index in [9.17, 15) is 19.4 Å². The van der Waals surface area contributed by atoms with Crippen LogP contribution in [-0.4, -0.2) is 73.4 Å². The minimum absolute atomic E-state index is 0.0435. The molecule has 0 aromatic rings. The maximum Gasteiger partial charge on any atom is 0.472 e. The minimum Gasteiger partial charge on any atom is -0.387 e. The van der Waals surface area contributed by atoms with Crippen molar-refractivity contribution in [2.24, 2.45) is 0 Å². The summed E-state index contributed by atoms with van der Waals surface area (Å²) in [4.78, 5) is 23.2. The summed E-state index contributed by atoms with van der Waals surface area (Å²) in [5.74, 6) is -0.241. The topological polar surface area (TPSA) is 105 Å². The van der Waals surface area contributed by atoms with E-state index in [2.05, 4.69) is 129 Å². The number of aliphatic hydroxyl groups is 1. The average molecular weight is 924 g/mol. The number of phosphoric acid groups is 1. The van der Waals surface area contributed by atoms with E-state index in [4.69, 9.17) is 9.05 Å². The van der Waals surface area contributed by atoms with Gasteiger partial charge in [0.05, 0.1) is 39.9 Å². The van der Waals surface area contributed by atoms with Gasteiger partial charge in [-0.25, -0.2) is 4.57 Å². The van der Waals surface area contributed by atoms with Crippen molar-refractivity contribution in [3.63, 3.8) is 0 Å². The van der Waals surface area contributed by atoms with Crippen LogP contribution in [0.5, 0.6) is 0 Å². The molecule has 0 aliphatic rings. The largest absolute Gasteiger partial charge is 0.472 e. The summed E-state index contributed by atoms with van der Waals surface area (Å²) < 4.78 is 23.6. The quantitative estimate of drug-likeness (QED) is 0.0243. The molecule has 0 radical (unpaired) electrons. The van der Waals surface area contributed by atoms with Crippen molar-refractivity contribution in [1.82, 2.24) is 5.32 Å². The summed E-state index contributed by atoms with van der Waals surface area (Å²) in [6.07, 6.45) is 68.6. The normalized spacial score (nSPS) is 15.1. The van der Waals surface area contributed by atoms with E-state index in [0.29, 0.717) is 17.4 Å². The first-order valence-electron chi connectivity index (χ1n) is 25.4. The second-order valence-electron chi connectivity index (χ2n) is 17.8. The highest BCUT2D eigenvalue weighted by Crippen LogP contribution is 2.43. The lowest BCUT2D eigenvalue weighted by atomic mass is 10.0. The third-order valence-corrected chi connectivity index (χ3v) is 11.4. The third-order valence-electron chi connectivity index (χ3n) is 10.4. The lowest BCUT2D eigenvalue weighted by molar-refractivity contribution is -0.870. The van der Waals surface area contributed by atoms with Gasteiger partial charge >= 0.3 is 7.82 Å². The second-order valence-corrected chi connectivity index (χ2v) is 19.3. The van der Waals surface area contributed by atoms with Crippen LogP contribution in [0.25, 0.3) is 0 Å². The number of carbonyl (C=O) groups excluding carboxylic acids is 1. The Morgan fingerprint density at radius 2 is 0.923 bits per heavy atom. The van der Waals surface area contributed by atoms with Crippen LogP contribution in [0.4, 0.5) is 0 Å². The number of hydrogen-bond donors (Lipinski definition) is 3. The van der Waals surface area contributed by atoms with Crippen molar-refractivity contribution in [3.05, 3.63) is 122 Å². The molecule has 0 heterocycles. The summed E-state index contributed by atoms with van der Waals surface area (Å²) in [6.45, 7) is 4.63. The van der Waals surface area contributed by atoms with E-state index >= 15 is 0 Å². The number of nitrogens with one attached hydrogen (secondary N) is 1. The number of rotatable bonds is 44.